The zero-order chi connectivity index (χ0) is 17.8. The van der Waals surface area contributed by atoms with Crippen molar-refractivity contribution in [2.24, 2.45) is 5.92 Å². The molecule has 1 aliphatic heterocycles. The van der Waals surface area contributed by atoms with Crippen LogP contribution in [-0.2, 0) is 11.3 Å². The van der Waals surface area contributed by atoms with Crippen LogP contribution in [0, 0.1) is 11.7 Å². The normalized spacial score (nSPS) is 18.1. The zero-order valence-electron chi connectivity index (χ0n) is 13.6. The molecule has 132 valence electrons. The summed E-state index contributed by atoms with van der Waals surface area (Å²) in [7, 11) is 0. The number of rotatable bonds is 4. The van der Waals surface area contributed by atoms with Crippen molar-refractivity contribution in [3.63, 3.8) is 0 Å². The van der Waals surface area contributed by atoms with E-state index in [1.165, 1.54) is 11.6 Å². The monoisotopic (exact) mass is 468 g/mol. The van der Waals surface area contributed by atoms with Gasteiger partial charge in [0.25, 0.3) is 0 Å². The Kier molecular flexibility index (Phi) is 6.25. The lowest BCUT2D eigenvalue weighted by molar-refractivity contribution is -0.121. The van der Waals surface area contributed by atoms with Crippen LogP contribution in [0.4, 0.5) is 10.1 Å². The summed E-state index contributed by atoms with van der Waals surface area (Å²) in [5, 5.41) is 2.73. The number of nitrogens with one attached hydrogen (secondary N) is 1. The van der Waals surface area contributed by atoms with E-state index in [0.29, 0.717) is 11.0 Å². The van der Waals surface area contributed by atoms with Gasteiger partial charge in [-0.15, -0.1) is 0 Å². The summed E-state index contributed by atoms with van der Waals surface area (Å²) in [4.78, 5) is 14.8. The minimum atomic E-state index is -0.426. The fourth-order valence-corrected chi connectivity index (χ4v) is 3.68. The maximum atomic E-state index is 13.9. The van der Waals surface area contributed by atoms with Crippen molar-refractivity contribution in [3.8, 4) is 0 Å². The van der Waals surface area contributed by atoms with E-state index in [4.69, 9.17) is 0 Å². The smallest absolute Gasteiger partial charge is 0.228 e. The third kappa shape index (κ3) is 5.12. The highest BCUT2D eigenvalue weighted by Gasteiger charge is 2.26. The second-order valence-corrected chi connectivity index (χ2v) is 8.15. The van der Waals surface area contributed by atoms with Crippen LogP contribution in [0.2, 0.25) is 0 Å². The van der Waals surface area contributed by atoms with Crippen molar-refractivity contribution < 1.29 is 9.18 Å². The van der Waals surface area contributed by atoms with E-state index in [1.807, 2.05) is 12.1 Å². The molecule has 0 saturated carbocycles. The van der Waals surface area contributed by atoms with Gasteiger partial charge in [0.05, 0.1) is 11.6 Å². The highest BCUT2D eigenvalue weighted by molar-refractivity contribution is 9.10. The molecule has 2 aromatic carbocycles. The first-order chi connectivity index (χ1) is 12.0. The van der Waals surface area contributed by atoms with Crippen LogP contribution in [0.3, 0.4) is 0 Å². The van der Waals surface area contributed by atoms with Gasteiger partial charge in [0.15, 0.2) is 0 Å². The van der Waals surface area contributed by atoms with Crippen molar-refractivity contribution in [1.29, 1.82) is 0 Å². The van der Waals surface area contributed by atoms with Crippen molar-refractivity contribution in [2.45, 2.75) is 19.4 Å². The first-order valence-electron chi connectivity index (χ1n) is 8.24. The van der Waals surface area contributed by atoms with E-state index in [0.717, 1.165) is 30.4 Å². The Hall–Kier alpha value is -1.24. The standard InChI is InChI=1S/C19H19Br2FN2O/c20-15-5-3-13(4-6-15)11-24-9-1-2-14(12-24)19(25)23-18-8-7-16(21)10-17(18)22/h3-8,10,14H,1-2,9,11-12H2,(H,23,25). The lowest BCUT2D eigenvalue weighted by Crippen LogP contribution is -2.40. The third-order valence-electron chi connectivity index (χ3n) is 4.38. The molecule has 3 rings (SSSR count). The summed E-state index contributed by atoms with van der Waals surface area (Å²) in [5.41, 5.74) is 1.46. The van der Waals surface area contributed by atoms with Gasteiger partial charge in [-0.2, -0.15) is 0 Å². The van der Waals surface area contributed by atoms with Crippen molar-refractivity contribution >= 4 is 43.5 Å². The average Bonchev–Trinajstić information content (AvgIpc) is 2.60. The molecule has 0 aromatic heterocycles. The number of hydrogen-bond donors (Lipinski definition) is 1. The van der Waals surface area contributed by atoms with E-state index < -0.39 is 5.82 Å². The second kappa shape index (κ2) is 8.43. The number of piperidine rings is 1. The van der Waals surface area contributed by atoms with Crippen molar-refractivity contribution in [3.05, 3.63) is 62.8 Å². The number of carbonyl (C=O) groups excluding carboxylic acids is 1. The minimum absolute atomic E-state index is 0.110. The molecule has 1 atom stereocenters. The van der Waals surface area contributed by atoms with Crippen LogP contribution in [0.1, 0.15) is 18.4 Å². The van der Waals surface area contributed by atoms with Gasteiger partial charge < -0.3 is 5.32 Å². The molecule has 0 radical (unpaired) electrons. The zero-order valence-corrected chi connectivity index (χ0v) is 16.8. The molecular weight excluding hydrogens is 451 g/mol. The van der Waals surface area contributed by atoms with Gasteiger partial charge >= 0.3 is 0 Å². The number of benzene rings is 2. The van der Waals surface area contributed by atoms with Gasteiger partial charge in [0, 0.05) is 22.0 Å². The van der Waals surface area contributed by atoms with Crippen LogP contribution in [0.15, 0.2) is 51.4 Å². The third-order valence-corrected chi connectivity index (χ3v) is 5.41. The lowest BCUT2D eigenvalue weighted by atomic mass is 9.96. The topological polar surface area (TPSA) is 32.3 Å². The number of nitrogens with zero attached hydrogens (tertiary/aromatic N) is 1. The number of carbonyl (C=O) groups is 1. The predicted molar refractivity (Wildman–Crippen MR) is 105 cm³/mol. The van der Waals surface area contributed by atoms with E-state index in [2.05, 4.69) is 54.2 Å². The Morgan fingerprint density at radius 2 is 1.88 bits per heavy atom. The molecule has 1 heterocycles. The van der Waals surface area contributed by atoms with Crippen LogP contribution in [-0.4, -0.2) is 23.9 Å². The van der Waals surface area contributed by atoms with Gasteiger partial charge in [-0.3, -0.25) is 9.69 Å². The SMILES string of the molecule is O=C(Nc1ccc(Br)cc1F)C1CCCN(Cc2ccc(Br)cc2)C1. The first-order valence-corrected chi connectivity index (χ1v) is 9.82. The fourth-order valence-electron chi connectivity index (χ4n) is 3.09. The maximum absolute atomic E-state index is 13.9. The Morgan fingerprint density at radius 3 is 2.60 bits per heavy atom. The molecule has 1 saturated heterocycles. The second-order valence-electron chi connectivity index (χ2n) is 6.31. The van der Waals surface area contributed by atoms with Gasteiger partial charge in [-0.05, 0) is 55.3 Å². The van der Waals surface area contributed by atoms with Crippen LogP contribution in [0.5, 0.6) is 0 Å². The quantitative estimate of drug-likeness (QED) is 0.667. The van der Waals surface area contributed by atoms with Crippen molar-refractivity contribution in [1.82, 2.24) is 4.90 Å². The molecule has 0 spiro atoms. The van der Waals surface area contributed by atoms with Gasteiger partial charge in [-0.1, -0.05) is 44.0 Å². The van der Waals surface area contributed by atoms with E-state index in [1.54, 1.807) is 12.1 Å². The summed E-state index contributed by atoms with van der Waals surface area (Å²) in [6, 6.07) is 12.9. The molecule has 0 aliphatic carbocycles. The Labute approximate surface area is 163 Å². The predicted octanol–water partition coefficient (Wildman–Crippen LogP) is 5.20. The fraction of sp³-hybridized carbons (Fsp3) is 0.316. The minimum Gasteiger partial charge on any atom is -0.323 e. The largest absolute Gasteiger partial charge is 0.323 e. The highest BCUT2D eigenvalue weighted by Crippen LogP contribution is 2.23. The van der Waals surface area contributed by atoms with E-state index in [-0.39, 0.29) is 17.5 Å². The molecule has 1 fully saturated rings. The van der Waals surface area contributed by atoms with Crippen molar-refractivity contribution in [2.75, 3.05) is 18.4 Å². The molecule has 6 heteroatoms. The molecule has 0 bridgehead atoms. The van der Waals surface area contributed by atoms with Gasteiger partial charge in [-0.25, -0.2) is 4.39 Å². The highest BCUT2D eigenvalue weighted by atomic mass is 79.9. The Balaban J connectivity index is 1.60. The molecule has 1 amide bonds. The van der Waals surface area contributed by atoms with E-state index in [9.17, 15) is 9.18 Å². The van der Waals surface area contributed by atoms with Crippen LogP contribution in [0.25, 0.3) is 0 Å². The molecular formula is C19H19Br2FN2O. The molecule has 1 unspecified atom stereocenters. The maximum Gasteiger partial charge on any atom is 0.228 e. The van der Waals surface area contributed by atoms with Crippen LogP contribution < -0.4 is 5.32 Å². The number of likely N-dealkylation sites (tertiary alicyclic amines) is 1. The average molecular weight is 470 g/mol. The number of anilines is 1. The number of amides is 1. The summed E-state index contributed by atoms with van der Waals surface area (Å²) in [6.07, 6.45) is 1.80. The van der Waals surface area contributed by atoms with Crippen LogP contribution >= 0.6 is 31.9 Å². The molecule has 1 N–H and O–H groups in total. The summed E-state index contributed by atoms with van der Waals surface area (Å²) in [6.45, 7) is 2.50. The van der Waals surface area contributed by atoms with E-state index >= 15 is 0 Å². The van der Waals surface area contributed by atoms with Gasteiger partial charge in [0.1, 0.15) is 5.82 Å². The Morgan fingerprint density at radius 1 is 1.16 bits per heavy atom. The number of hydrogen-bond acceptors (Lipinski definition) is 2. The molecule has 25 heavy (non-hydrogen) atoms. The summed E-state index contributed by atoms with van der Waals surface area (Å²) < 4.78 is 15.6. The molecule has 2 aromatic rings. The molecule has 3 nitrogen and oxygen atoms in total. The number of halogens is 3. The summed E-state index contributed by atoms with van der Waals surface area (Å²) in [5.74, 6) is -0.653. The first kappa shape index (κ1) is 18.5. The molecule has 1 aliphatic rings. The lowest BCUT2D eigenvalue weighted by Gasteiger charge is -2.32. The van der Waals surface area contributed by atoms with Gasteiger partial charge in [0.2, 0.25) is 5.91 Å². The Bertz CT molecular complexity index is 752. The summed E-state index contributed by atoms with van der Waals surface area (Å²) >= 11 is 6.66.